The van der Waals surface area contributed by atoms with Crippen LogP contribution in [0.25, 0.3) is 0 Å². The van der Waals surface area contributed by atoms with Crippen molar-refractivity contribution in [2.75, 3.05) is 13.1 Å². The van der Waals surface area contributed by atoms with Crippen LogP contribution in [-0.4, -0.2) is 33.9 Å². The summed E-state index contributed by atoms with van der Waals surface area (Å²) in [4.78, 5) is 24.2. The van der Waals surface area contributed by atoms with E-state index in [9.17, 15) is 9.18 Å². The zero-order valence-corrected chi connectivity index (χ0v) is 20.9. The number of thiazole rings is 1. The zero-order chi connectivity index (χ0) is 24.4. The van der Waals surface area contributed by atoms with Crippen LogP contribution in [0.1, 0.15) is 28.9 Å². The van der Waals surface area contributed by atoms with E-state index in [-0.39, 0.29) is 11.6 Å². The third-order valence-electron chi connectivity index (χ3n) is 6.46. The molecule has 1 aromatic heterocycles. The molecule has 2 aliphatic rings. The number of nitrogens with two attached hydrogens (primary N) is 1. The molecule has 1 atom stereocenters. The number of halogens is 1. The van der Waals surface area contributed by atoms with Gasteiger partial charge in [0.2, 0.25) is 0 Å². The first kappa shape index (κ1) is 23.7. The minimum absolute atomic E-state index is 0.0133. The molecule has 0 saturated carbocycles. The Bertz CT molecular complexity index is 1310. The Kier molecular flexibility index (Phi) is 6.69. The highest BCUT2D eigenvalue weighted by atomic mass is 32.2. The molecular formula is C27H25FN4OS2. The number of allylic oxidation sites excluding steroid dienone is 2. The van der Waals surface area contributed by atoms with Crippen LogP contribution in [-0.2, 0) is 0 Å². The quantitative estimate of drug-likeness (QED) is 0.335. The van der Waals surface area contributed by atoms with Crippen molar-refractivity contribution in [3.05, 3.63) is 99.9 Å². The van der Waals surface area contributed by atoms with E-state index in [1.165, 1.54) is 35.2 Å². The Morgan fingerprint density at radius 3 is 2.69 bits per heavy atom. The summed E-state index contributed by atoms with van der Waals surface area (Å²) in [6.45, 7) is 3.43. The number of piperidine rings is 1. The smallest absolute Gasteiger partial charge is 0.193 e. The van der Waals surface area contributed by atoms with Crippen LogP contribution in [0.5, 0.6) is 0 Å². The lowest BCUT2D eigenvalue weighted by molar-refractivity contribution is 0.0777. The highest BCUT2D eigenvalue weighted by Crippen LogP contribution is 2.48. The van der Waals surface area contributed by atoms with Gasteiger partial charge in [0.25, 0.3) is 0 Å². The van der Waals surface area contributed by atoms with Crippen molar-refractivity contribution in [3.63, 3.8) is 0 Å². The zero-order valence-electron chi connectivity index (χ0n) is 19.3. The number of hydrogen-bond acceptors (Lipinski definition) is 7. The summed E-state index contributed by atoms with van der Waals surface area (Å²) in [5.41, 5.74) is 11.9. The van der Waals surface area contributed by atoms with Gasteiger partial charge in [0.05, 0.1) is 22.3 Å². The maximum Gasteiger partial charge on any atom is 0.193 e. The Hall–Kier alpha value is -3.07. The molecule has 0 bridgehead atoms. The van der Waals surface area contributed by atoms with E-state index in [4.69, 9.17) is 10.7 Å². The third-order valence-corrected chi connectivity index (χ3v) is 8.10. The van der Waals surface area contributed by atoms with Crippen LogP contribution in [0.15, 0.2) is 92.7 Å². The number of aliphatic imine (C=N–C) groups is 1. The van der Waals surface area contributed by atoms with Crippen LogP contribution in [0, 0.1) is 18.2 Å². The second kappa shape index (κ2) is 9.89. The van der Waals surface area contributed by atoms with Gasteiger partial charge in [-0.15, -0.1) is 11.3 Å². The number of carbonyl (C=O) groups is 1. The Morgan fingerprint density at radius 1 is 1.23 bits per heavy atom. The van der Waals surface area contributed by atoms with Crippen LogP contribution < -0.4 is 5.73 Å². The summed E-state index contributed by atoms with van der Waals surface area (Å²) < 4.78 is 15.6. The first-order chi connectivity index (χ1) is 17.0. The lowest BCUT2D eigenvalue weighted by atomic mass is 9.64. The molecule has 1 aliphatic carbocycles. The number of aromatic nitrogens is 1. The van der Waals surface area contributed by atoms with Gasteiger partial charge < -0.3 is 5.73 Å². The van der Waals surface area contributed by atoms with Crippen molar-refractivity contribution in [3.8, 4) is 0 Å². The molecule has 178 valence electrons. The van der Waals surface area contributed by atoms with Gasteiger partial charge in [-0.25, -0.2) is 18.7 Å². The number of Topliss-reactive ketones (excluding diaryl/α,β-unsaturated/α-hetero) is 1. The van der Waals surface area contributed by atoms with Crippen molar-refractivity contribution in [1.29, 1.82) is 0 Å². The predicted octanol–water partition coefficient (Wildman–Crippen LogP) is 6.12. The van der Waals surface area contributed by atoms with E-state index < -0.39 is 5.41 Å². The molecule has 35 heavy (non-hydrogen) atoms. The van der Waals surface area contributed by atoms with Crippen molar-refractivity contribution in [2.24, 2.45) is 16.1 Å². The van der Waals surface area contributed by atoms with Crippen molar-refractivity contribution < 1.29 is 9.18 Å². The normalized spacial score (nSPS) is 22.7. The topological polar surface area (TPSA) is 71.6 Å². The molecule has 1 aliphatic heterocycles. The van der Waals surface area contributed by atoms with E-state index in [0.717, 1.165) is 34.7 Å². The number of rotatable bonds is 5. The molecule has 2 aromatic carbocycles. The molecule has 5 rings (SSSR count). The maximum absolute atomic E-state index is 13.9. The standard InChI is InChI=1S/C27H25FN4OS2/c1-18-2-8-23(9-3-18)35-32-11-10-20-12-24(31-22-6-4-21(28)5-7-22)19(14-29)13-27(20,16-32)26(33)25-15-34-17-30-25/h2-9,12,14-15,17H,10-11,13,16,29H2,1H3. The molecule has 8 heteroatoms. The van der Waals surface area contributed by atoms with Gasteiger partial charge in [-0.2, -0.15) is 0 Å². The second-order valence-electron chi connectivity index (χ2n) is 8.81. The molecule has 1 fully saturated rings. The first-order valence-electron chi connectivity index (χ1n) is 11.4. The summed E-state index contributed by atoms with van der Waals surface area (Å²) >= 11 is 3.09. The minimum Gasteiger partial charge on any atom is -0.404 e. The number of aryl methyl sites for hydroxylation is 1. The number of carbonyl (C=O) groups excluding carboxylic acids is 1. The lowest BCUT2D eigenvalue weighted by Crippen LogP contribution is -2.49. The van der Waals surface area contributed by atoms with Crippen molar-refractivity contribution >= 4 is 40.5 Å². The van der Waals surface area contributed by atoms with Gasteiger partial charge in [0, 0.05) is 23.4 Å². The van der Waals surface area contributed by atoms with Crippen LogP contribution in [0.2, 0.25) is 0 Å². The van der Waals surface area contributed by atoms with Crippen LogP contribution in [0.4, 0.5) is 10.1 Å². The predicted molar refractivity (Wildman–Crippen MR) is 141 cm³/mol. The summed E-state index contributed by atoms with van der Waals surface area (Å²) in [6.07, 6.45) is 4.72. The Balaban J connectivity index is 1.53. The molecule has 0 radical (unpaired) electrons. The number of nitrogens with zero attached hydrogens (tertiary/aromatic N) is 3. The average Bonchev–Trinajstić information content (AvgIpc) is 3.41. The number of fused-ring (bicyclic) bond motifs is 1. The molecule has 2 N–H and O–H groups in total. The molecule has 1 unspecified atom stereocenters. The highest BCUT2D eigenvalue weighted by molar-refractivity contribution is 7.97. The molecular weight excluding hydrogens is 479 g/mol. The Labute approximate surface area is 212 Å². The van der Waals surface area contributed by atoms with Crippen LogP contribution >= 0.6 is 23.3 Å². The number of hydrogen-bond donors (Lipinski definition) is 1. The van der Waals surface area contributed by atoms with E-state index in [2.05, 4.69) is 40.5 Å². The fourth-order valence-electron chi connectivity index (χ4n) is 4.62. The number of benzene rings is 2. The second-order valence-corrected chi connectivity index (χ2v) is 10.7. The number of ketones is 1. The molecule has 5 nitrogen and oxygen atoms in total. The van der Waals surface area contributed by atoms with E-state index >= 15 is 0 Å². The fraction of sp³-hybridized carbons (Fsp3) is 0.222. The first-order valence-corrected chi connectivity index (χ1v) is 13.1. The Morgan fingerprint density at radius 2 is 2.00 bits per heavy atom. The van der Waals surface area contributed by atoms with Crippen molar-refractivity contribution in [2.45, 2.75) is 24.7 Å². The van der Waals surface area contributed by atoms with E-state index in [0.29, 0.717) is 24.3 Å². The van der Waals surface area contributed by atoms with Gasteiger partial charge in [0.15, 0.2) is 5.78 Å². The van der Waals surface area contributed by atoms with Gasteiger partial charge >= 0.3 is 0 Å². The summed E-state index contributed by atoms with van der Waals surface area (Å²) in [5, 5.41) is 1.81. The van der Waals surface area contributed by atoms with Crippen molar-refractivity contribution in [1.82, 2.24) is 9.29 Å². The third kappa shape index (κ3) is 4.87. The lowest BCUT2D eigenvalue weighted by Gasteiger charge is -2.45. The molecule has 2 heterocycles. The molecule has 0 spiro atoms. The van der Waals surface area contributed by atoms with Gasteiger partial charge in [-0.05, 0) is 86.0 Å². The SMILES string of the molecule is Cc1ccc(SN2CCC3=CC(=Nc4ccc(F)cc4)C(=CN)CC3(C(=O)c3cscn3)C2)cc1. The largest absolute Gasteiger partial charge is 0.404 e. The monoisotopic (exact) mass is 504 g/mol. The molecule has 0 amide bonds. The molecule has 1 saturated heterocycles. The highest BCUT2D eigenvalue weighted by Gasteiger charge is 2.49. The van der Waals surface area contributed by atoms with Crippen LogP contribution in [0.3, 0.4) is 0 Å². The van der Waals surface area contributed by atoms with Gasteiger partial charge in [-0.1, -0.05) is 23.3 Å². The van der Waals surface area contributed by atoms with E-state index in [1.807, 2.05) is 11.5 Å². The summed E-state index contributed by atoms with van der Waals surface area (Å²) in [5.74, 6) is -0.295. The summed E-state index contributed by atoms with van der Waals surface area (Å²) in [6, 6.07) is 14.5. The fourth-order valence-corrected chi connectivity index (χ4v) is 6.17. The van der Waals surface area contributed by atoms with Gasteiger partial charge in [-0.3, -0.25) is 4.79 Å². The average molecular weight is 505 g/mol. The molecule has 3 aromatic rings. The minimum atomic E-state index is -0.767. The van der Waals surface area contributed by atoms with E-state index in [1.54, 1.807) is 29.6 Å². The summed E-state index contributed by atoms with van der Waals surface area (Å²) in [7, 11) is 0. The maximum atomic E-state index is 13.9. The van der Waals surface area contributed by atoms with Gasteiger partial charge in [0.1, 0.15) is 11.5 Å².